The average molecular weight is 294 g/mol. The fraction of sp³-hybridized carbons (Fsp3) is 0.308. The predicted octanol–water partition coefficient (Wildman–Crippen LogP) is 2.37. The highest BCUT2D eigenvalue weighted by Crippen LogP contribution is 2.12. The van der Waals surface area contributed by atoms with E-state index in [-0.39, 0.29) is 5.28 Å². The summed E-state index contributed by atoms with van der Waals surface area (Å²) >= 11 is 5.78. The number of benzene rings is 1. The number of rotatable bonds is 6. The van der Waals surface area contributed by atoms with Crippen molar-refractivity contribution in [3.63, 3.8) is 0 Å². The zero-order chi connectivity index (χ0) is 14.4. The van der Waals surface area contributed by atoms with E-state index in [2.05, 4.69) is 25.6 Å². The number of nitrogens with zero attached hydrogens (tertiary/aromatic N) is 3. The minimum Gasteiger partial charge on any atom is -0.492 e. The number of aromatic nitrogens is 3. The van der Waals surface area contributed by atoms with E-state index < -0.39 is 0 Å². The van der Waals surface area contributed by atoms with E-state index in [4.69, 9.17) is 16.3 Å². The number of halogens is 1. The van der Waals surface area contributed by atoms with Crippen molar-refractivity contribution in [2.45, 2.75) is 6.92 Å². The van der Waals surface area contributed by atoms with Crippen molar-refractivity contribution < 1.29 is 4.74 Å². The summed E-state index contributed by atoms with van der Waals surface area (Å²) in [6, 6.07) is 7.89. The van der Waals surface area contributed by atoms with Crippen LogP contribution >= 0.6 is 11.6 Å². The molecule has 106 valence electrons. The third-order valence-electron chi connectivity index (χ3n) is 2.48. The molecule has 0 atom stereocenters. The van der Waals surface area contributed by atoms with Gasteiger partial charge in [-0.05, 0) is 36.2 Å². The van der Waals surface area contributed by atoms with Crippen LogP contribution in [0.3, 0.4) is 0 Å². The molecule has 1 aromatic carbocycles. The lowest BCUT2D eigenvalue weighted by atomic mass is 10.2. The van der Waals surface area contributed by atoms with Gasteiger partial charge >= 0.3 is 0 Å². The van der Waals surface area contributed by atoms with Crippen LogP contribution in [-0.4, -0.2) is 35.2 Å². The summed E-state index contributed by atoms with van der Waals surface area (Å²) in [5, 5.41) is 5.99. The largest absolute Gasteiger partial charge is 0.492 e. The van der Waals surface area contributed by atoms with E-state index in [9.17, 15) is 0 Å². The Kier molecular flexibility index (Phi) is 4.95. The average Bonchev–Trinajstić information content (AvgIpc) is 2.43. The summed E-state index contributed by atoms with van der Waals surface area (Å²) in [7, 11) is 1.72. The summed E-state index contributed by atoms with van der Waals surface area (Å²) in [5.41, 5.74) is 1.17. The molecule has 0 unspecified atom stereocenters. The molecule has 0 bridgehead atoms. The van der Waals surface area contributed by atoms with Gasteiger partial charge in [-0.15, -0.1) is 0 Å². The maximum atomic E-state index is 5.78. The number of anilines is 2. The van der Waals surface area contributed by atoms with Crippen molar-refractivity contribution >= 4 is 23.5 Å². The lowest BCUT2D eigenvalue weighted by Crippen LogP contribution is -2.14. The van der Waals surface area contributed by atoms with Crippen molar-refractivity contribution in [1.29, 1.82) is 0 Å². The van der Waals surface area contributed by atoms with Gasteiger partial charge in [0.05, 0.1) is 6.54 Å². The molecule has 7 heteroatoms. The first-order chi connectivity index (χ1) is 9.67. The van der Waals surface area contributed by atoms with Crippen LogP contribution in [0.4, 0.5) is 11.9 Å². The van der Waals surface area contributed by atoms with Gasteiger partial charge in [-0.2, -0.15) is 15.0 Å². The van der Waals surface area contributed by atoms with Gasteiger partial charge in [0.2, 0.25) is 17.2 Å². The Morgan fingerprint density at radius 1 is 1.20 bits per heavy atom. The lowest BCUT2D eigenvalue weighted by molar-refractivity contribution is 0.332. The number of nitrogens with one attached hydrogen (secondary N) is 2. The van der Waals surface area contributed by atoms with E-state index in [1.807, 2.05) is 31.2 Å². The summed E-state index contributed by atoms with van der Waals surface area (Å²) in [4.78, 5) is 12.0. The highest BCUT2D eigenvalue weighted by molar-refractivity contribution is 6.28. The zero-order valence-electron chi connectivity index (χ0n) is 11.4. The Labute approximate surface area is 122 Å². The van der Waals surface area contributed by atoms with Gasteiger partial charge in [-0.25, -0.2) is 0 Å². The first-order valence-corrected chi connectivity index (χ1v) is 6.58. The Bertz CT molecular complexity index is 578. The highest BCUT2D eigenvalue weighted by atomic mass is 35.5. The molecule has 2 aromatic rings. The molecular formula is C13H16ClN5O. The number of hydrogen-bond donors (Lipinski definition) is 2. The highest BCUT2D eigenvalue weighted by Gasteiger charge is 2.03. The van der Waals surface area contributed by atoms with Gasteiger partial charge < -0.3 is 15.4 Å². The molecule has 0 aliphatic rings. The monoisotopic (exact) mass is 293 g/mol. The summed E-state index contributed by atoms with van der Waals surface area (Å²) in [6.45, 7) is 3.09. The van der Waals surface area contributed by atoms with Gasteiger partial charge in [0, 0.05) is 7.05 Å². The summed E-state index contributed by atoms with van der Waals surface area (Å²) in [6.07, 6.45) is 0. The van der Waals surface area contributed by atoms with Gasteiger partial charge in [-0.1, -0.05) is 12.1 Å². The quantitative estimate of drug-likeness (QED) is 0.797. The molecule has 1 aromatic heterocycles. The van der Waals surface area contributed by atoms with Gasteiger partial charge in [0.15, 0.2) is 0 Å². The van der Waals surface area contributed by atoms with Gasteiger partial charge in [-0.3, -0.25) is 0 Å². The molecule has 0 aliphatic heterocycles. The van der Waals surface area contributed by atoms with Crippen LogP contribution < -0.4 is 15.4 Å². The number of ether oxygens (including phenoxy) is 1. The zero-order valence-corrected chi connectivity index (χ0v) is 12.1. The summed E-state index contributed by atoms with van der Waals surface area (Å²) < 4.78 is 5.61. The van der Waals surface area contributed by atoms with Crippen molar-refractivity contribution in [3.05, 3.63) is 35.1 Å². The van der Waals surface area contributed by atoms with Crippen LogP contribution in [0.2, 0.25) is 5.28 Å². The molecule has 20 heavy (non-hydrogen) atoms. The Morgan fingerprint density at radius 3 is 2.75 bits per heavy atom. The third kappa shape index (κ3) is 4.24. The van der Waals surface area contributed by atoms with Crippen LogP contribution in [0.15, 0.2) is 24.3 Å². The topological polar surface area (TPSA) is 72.0 Å². The van der Waals surface area contributed by atoms with Crippen molar-refractivity contribution in [2.75, 3.05) is 30.8 Å². The van der Waals surface area contributed by atoms with E-state index in [1.54, 1.807) is 7.05 Å². The minimum atomic E-state index is 0.145. The molecule has 2 N–H and O–H groups in total. The molecule has 0 fully saturated rings. The number of hydrogen-bond acceptors (Lipinski definition) is 6. The maximum absolute atomic E-state index is 5.78. The van der Waals surface area contributed by atoms with Crippen LogP contribution in [-0.2, 0) is 0 Å². The Hall–Kier alpha value is -2.08. The van der Waals surface area contributed by atoms with Crippen LogP contribution in [0.1, 0.15) is 5.56 Å². The molecule has 6 nitrogen and oxygen atoms in total. The molecule has 0 saturated heterocycles. The molecule has 1 heterocycles. The fourth-order valence-corrected chi connectivity index (χ4v) is 1.74. The van der Waals surface area contributed by atoms with Crippen molar-refractivity contribution in [2.24, 2.45) is 0 Å². The maximum Gasteiger partial charge on any atom is 0.228 e. The van der Waals surface area contributed by atoms with Crippen LogP contribution in [0.25, 0.3) is 0 Å². The normalized spacial score (nSPS) is 10.2. The minimum absolute atomic E-state index is 0.145. The van der Waals surface area contributed by atoms with Crippen molar-refractivity contribution in [3.8, 4) is 5.75 Å². The molecule has 0 saturated carbocycles. The summed E-state index contributed by atoms with van der Waals surface area (Å²) in [5.74, 6) is 1.69. The second kappa shape index (κ2) is 6.91. The van der Waals surface area contributed by atoms with Crippen molar-refractivity contribution in [1.82, 2.24) is 15.0 Å². The molecule has 0 aliphatic carbocycles. The second-order valence-corrected chi connectivity index (χ2v) is 4.43. The molecule has 0 radical (unpaired) electrons. The van der Waals surface area contributed by atoms with Gasteiger partial charge in [0.25, 0.3) is 0 Å². The first-order valence-electron chi connectivity index (χ1n) is 6.20. The Balaban J connectivity index is 1.82. The third-order valence-corrected chi connectivity index (χ3v) is 2.64. The SMILES string of the molecule is CNc1nc(Cl)nc(NCCOc2cccc(C)c2)n1. The van der Waals surface area contributed by atoms with Crippen LogP contribution in [0, 0.1) is 6.92 Å². The lowest BCUT2D eigenvalue weighted by Gasteiger charge is -2.08. The Morgan fingerprint density at radius 2 is 2.00 bits per heavy atom. The smallest absolute Gasteiger partial charge is 0.228 e. The van der Waals surface area contributed by atoms with E-state index in [0.29, 0.717) is 25.0 Å². The molecule has 0 amide bonds. The second-order valence-electron chi connectivity index (χ2n) is 4.09. The van der Waals surface area contributed by atoms with E-state index in [0.717, 1.165) is 5.75 Å². The fourth-order valence-electron chi connectivity index (χ4n) is 1.58. The van der Waals surface area contributed by atoms with Gasteiger partial charge in [0.1, 0.15) is 12.4 Å². The van der Waals surface area contributed by atoms with Crippen LogP contribution in [0.5, 0.6) is 5.75 Å². The molecular weight excluding hydrogens is 278 g/mol. The molecule has 0 spiro atoms. The number of aryl methyl sites for hydroxylation is 1. The first kappa shape index (κ1) is 14.3. The molecule has 2 rings (SSSR count). The predicted molar refractivity (Wildman–Crippen MR) is 79.5 cm³/mol. The standard InChI is InChI=1S/C13H16ClN5O/c1-9-4-3-5-10(8-9)20-7-6-16-13-18-11(14)17-12(15-2)19-13/h3-5,8H,6-7H2,1-2H3,(H2,15,16,17,18,19). The van der Waals surface area contributed by atoms with E-state index >= 15 is 0 Å². The van der Waals surface area contributed by atoms with E-state index in [1.165, 1.54) is 5.56 Å².